The second-order valence-corrected chi connectivity index (χ2v) is 7.38. The van der Waals surface area contributed by atoms with Gasteiger partial charge in [0.1, 0.15) is 13.2 Å². The largest absolute Gasteiger partial charge is 0.486 e. The maximum Gasteiger partial charge on any atom is 0.268 e. The van der Waals surface area contributed by atoms with Crippen molar-refractivity contribution < 1.29 is 14.3 Å². The van der Waals surface area contributed by atoms with E-state index in [1.165, 1.54) is 4.68 Å². The summed E-state index contributed by atoms with van der Waals surface area (Å²) >= 11 is 0. The fourth-order valence-corrected chi connectivity index (χ4v) is 3.74. The molecule has 0 atom stereocenters. The number of fused-ring (bicyclic) bond motifs is 1. The van der Waals surface area contributed by atoms with Gasteiger partial charge in [0.2, 0.25) is 5.91 Å². The molecule has 1 saturated heterocycles. The summed E-state index contributed by atoms with van der Waals surface area (Å²) in [4.78, 5) is 26.9. The van der Waals surface area contributed by atoms with E-state index in [9.17, 15) is 9.59 Å². The van der Waals surface area contributed by atoms with E-state index >= 15 is 0 Å². The number of amides is 1. The lowest BCUT2D eigenvalue weighted by molar-refractivity contribution is -0.120. The Morgan fingerprint density at radius 3 is 2.66 bits per heavy atom. The van der Waals surface area contributed by atoms with Gasteiger partial charge in [-0.3, -0.25) is 9.59 Å². The normalized spacial score (nSPS) is 16.5. The highest BCUT2D eigenvalue weighted by molar-refractivity contribution is 5.93. The number of carbonyl (C=O) groups is 1. The van der Waals surface area contributed by atoms with Crippen LogP contribution in [0, 0.1) is 5.92 Å². The van der Waals surface area contributed by atoms with Gasteiger partial charge in [-0.1, -0.05) is 6.92 Å². The quantitative estimate of drug-likeness (QED) is 0.832. The number of aromatic nitrogens is 2. The van der Waals surface area contributed by atoms with Crippen molar-refractivity contribution in [3.05, 3.63) is 40.8 Å². The molecule has 0 radical (unpaired) electrons. The third-order valence-corrected chi connectivity index (χ3v) is 5.33. The first-order chi connectivity index (χ1) is 14.1. The molecule has 2 aromatic rings. The molecule has 0 spiro atoms. The van der Waals surface area contributed by atoms with Crippen molar-refractivity contribution in [2.75, 3.05) is 36.5 Å². The summed E-state index contributed by atoms with van der Waals surface area (Å²) in [6.07, 6.45) is 4.08. The van der Waals surface area contributed by atoms with E-state index in [2.05, 4.69) is 15.3 Å². The second kappa shape index (κ2) is 8.55. The average molecular weight is 398 g/mol. The van der Waals surface area contributed by atoms with Gasteiger partial charge < -0.3 is 19.7 Å². The molecular formula is C21H26N4O4. The molecule has 0 aliphatic carbocycles. The summed E-state index contributed by atoms with van der Waals surface area (Å²) in [5.41, 5.74) is 1.46. The fraction of sp³-hybridized carbons (Fsp3) is 0.476. The summed E-state index contributed by atoms with van der Waals surface area (Å²) in [6.45, 7) is 5.14. The van der Waals surface area contributed by atoms with Crippen LogP contribution in [0.15, 0.2) is 35.3 Å². The van der Waals surface area contributed by atoms with Crippen LogP contribution in [0.3, 0.4) is 0 Å². The molecule has 0 saturated carbocycles. The average Bonchev–Trinajstić information content (AvgIpc) is 2.75. The number of rotatable bonds is 5. The molecule has 29 heavy (non-hydrogen) atoms. The van der Waals surface area contributed by atoms with Gasteiger partial charge in [-0.15, -0.1) is 0 Å². The standard InChI is InChI=1S/C21H26N4O4/c1-2-7-25-20(26)13-17(14-22-25)24-8-5-15(6-9-24)21(27)23-16-3-4-18-19(12-16)29-11-10-28-18/h3-4,12-15H,2,5-11H2,1H3,(H,23,27). The number of anilines is 2. The summed E-state index contributed by atoms with van der Waals surface area (Å²) in [7, 11) is 0. The molecule has 8 heteroatoms. The van der Waals surface area contributed by atoms with E-state index in [1.807, 2.05) is 19.1 Å². The van der Waals surface area contributed by atoms with Crippen molar-refractivity contribution >= 4 is 17.3 Å². The van der Waals surface area contributed by atoms with Gasteiger partial charge in [0.15, 0.2) is 11.5 Å². The molecule has 1 fully saturated rings. The van der Waals surface area contributed by atoms with Gasteiger partial charge in [-0.05, 0) is 31.4 Å². The number of hydrogen-bond acceptors (Lipinski definition) is 6. The number of ether oxygens (including phenoxy) is 2. The highest BCUT2D eigenvalue weighted by Gasteiger charge is 2.26. The lowest BCUT2D eigenvalue weighted by atomic mass is 9.95. The molecule has 154 valence electrons. The van der Waals surface area contributed by atoms with E-state index in [0.29, 0.717) is 36.9 Å². The Morgan fingerprint density at radius 2 is 1.93 bits per heavy atom. The van der Waals surface area contributed by atoms with Crippen LogP contribution in [0.2, 0.25) is 0 Å². The molecule has 1 N–H and O–H groups in total. The molecule has 1 amide bonds. The maximum atomic E-state index is 12.7. The lowest BCUT2D eigenvalue weighted by Gasteiger charge is -2.32. The zero-order chi connectivity index (χ0) is 20.2. The molecule has 8 nitrogen and oxygen atoms in total. The fourth-order valence-electron chi connectivity index (χ4n) is 3.74. The predicted molar refractivity (Wildman–Crippen MR) is 110 cm³/mol. The number of nitrogens with zero attached hydrogens (tertiary/aromatic N) is 3. The molecule has 0 bridgehead atoms. The lowest BCUT2D eigenvalue weighted by Crippen LogP contribution is -2.39. The zero-order valence-corrected chi connectivity index (χ0v) is 16.6. The van der Waals surface area contributed by atoms with Crippen LogP contribution in [0.5, 0.6) is 11.5 Å². The highest BCUT2D eigenvalue weighted by Crippen LogP contribution is 2.33. The first-order valence-corrected chi connectivity index (χ1v) is 10.2. The summed E-state index contributed by atoms with van der Waals surface area (Å²) in [6, 6.07) is 7.09. The number of piperidine rings is 1. The predicted octanol–water partition coefficient (Wildman–Crippen LogP) is 2.28. The number of nitrogens with one attached hydrogen (secondary N) is 1. The van der Waals surface area contributed by atoms with Gasteiger partial charge in [0.05, 0.1) is 11.9 Å². The molecule has 1 aromatic carbocycles. The molecule has 2 aliphatic heterocycles. The van der Waals surface area contributed by atoms with Crippen molar-refractivity contribution in [3.63, 3.8) is 0 Å². The van der Waals surface area contributed by atoms with E-state index in [4.69, 9.17) is 9.47 Å². The van der Waals surface area contributed by atoms with Crippen molar-refractivity contribution in [1.82, 2.24) is 9.78 Å². The van der Waals surface area contributed by atoms with Crippen LogP contribution in [0.1, 0.15) is 26.2 Å². The van der Waals surface area contributed by atoms with E-state index in [-0.39, 0.29) is 17.4 Å². The number of aryl methyl sites for hydroxylation is 1. The zero-order valence-electron chi connectivity index (χ0n) is 16.6. The van der Waals surface area contributed by atoms with Crippen LogP contribution in [-0.2, 0) is 11.3 Å². The second-order valence-electron chi connectivity index (χ2n) is 7.38. The molecule has 4 rings (SSSR count). The van der Waals surface area contributed by atoms with Crippen LogP contribution < -0.4 is 25.2 Å². The van der Waals surface area contributed by atoms with Crippen molar-refractivity contribution in [2.45, 2.75) is 32.7 Å². The first kappa shape index (κ1) is 19.3. The summed E-state index contributed by atoms with van der Waals surface area (Å²) in [5, 5.41) is 7.24. The third kappa shape index (κ3) is 4.36. The van der Waals surface area contributed by atoms with Gasteiger partial charge in [-0.25, -0.2) is 4.68 Å². The number of hydrogen-bond donors (Lipinski definition) is 1. The van der Waals surface area contributed by atoms with E-state index in [1.54, 1.807) is 18.3 Å². The third-order valence-electron chi connectivity index (χ3n) is 5.33. The smallest absolute Gasteiger partial charge is 0.268 e. The van der Waals surface area contributed by atoms with E-state index in [0.717, 1.165) is 38.0 Å². The van der Waals surface area contributed by atoms with Crippen molar-refractivity contribution in [2.24, 2.45) is 5.92 Å². The van der Waals surface area contributed by atoms with Crippen molar-refractivity contribution in [3.8, 4) is 11.5 Å². The molecular weight excluding hydrogens is 372 g/mol. The van der Waals surface area contributed by atoms with Gasteiger partial charge in [-0.2, -0.15) is 5.10 Å². The molecule has 2 aliphatic rings. The van der Waals surface area contributed by atoms with Crippen LogP contribution in [-0.4, -0.2) is 42.0 Å². The van der Waals surface area contributed by atoms with Crippen LogP contribution >= 0.6 is 0 Å². The SMILES string of the molecule is CCCn1ncc(N2CCC(C(=O)Nc3ccc4c(c3)OCCO4)CC2)cc1=O. The molecule has 3 heterocycles. The topological polar surface area (TPSA) is 85.7 Å². The van der Waals surface area contributed by atoms with Crippen molar-refractivity contribution in [1.29, 1.82) is 0 Å². The molecule has 1 aromatic heterocycles. The molecule has 0 unspecified atom stereocenters. The summed E-state index contributed by atoms with van der Waals surface area (Å²) in [5.74, 6) is 1.32. The highest BCUT2D eigenvalue weighted by atomic mass is 16.6. The van der Waals surface area contributed by atoms with E-state index < -0.39 is 0 Å². The maximum absolute atomic E-state index is 12.7. The Hall–Kier alpha value is -3.03. The van der Waals surface area contributed by atoms with Gasteiger partial charge in [0, 0.05) is 43.4 Å². The number of benzene rings is 1. The minimum atomic E-state index is -0.0807. The Labute approximate surface area is 169 Å². The van der Waals surface area contributed by atoms with Crippen LogP contribution in [0.25, 0.3) is 0 Å². The minimum Gasteiger partial charge on any atom is -0.486 e. The van der Waals surface area contributed by atoms with Gasteiger partial charge >= 0.3 is 0 Å². The Morgan fingerprint density at radius 1 is 1.17 bits per heavy atom. The number of carbonyl (C=O) groups excluding carboxylic acids is 1. The summed E-state index contributed by atoms with van der Waals surface area (Å²) < 4.78 is 12.6. The monoisotopic (exact) mass is 398 g/mol. The van der Waals surface area contributed by atoms with Crippen LogP contribution in [0.4, 0.5) is 11.4 Å². The Balaban J connectivity index is 1.34. The minimum absolute atomic E-state index is 0.0119. The first-order valence-electron chi connectivity index (χ1n) is 10.2. The Kier molecular flexibility index (Phi) is 5.69. The Bertz CT molecular complexity index is 935. The van der Waals surface area contributed by atoms with Gasteiger partial charge in [0.25, 0.3) is 5.56 Å².